The number of hydroxylamine groups is 3. The van der Waals surface area contributed by atoms with Crippen molar-refractivity contribution >= 4 is 0 Å². The molecule has 3 atom stereocenters. The van der Waals surface area contributed by atoms with Crippen molar-refractivity contribution in [2.45, 2.75) is 26.2 Å². The third kappa shape index (κ3) is 6.06. The maximum Gasteiger partial charge on any atom is 0.229 e. The van der Waals surface area contributed by atoms with E-state index < -0.39 is 12.4 Å². The van der Waals surface area contributed by atoms with Crippen LogP contribution in [-0.4, -0.2) is 85.7 Å². The summed E-state index contributed by atoms with van der Waals surface area (Å²) in [5, 5.41) is 19.1. The summed E-state index contributed by atoms with van der Waals surface area (Å²) in [6.45, 7) is 4.74. The topological polar surface area (TPSA) is 49.7 Å². The molecule has 0 saturated heterocycles. The lowest BCUT2D eigenvalue weighted by Crippen LogP contribution is -2.57. The van der Waals surface area contributed by atoms with Gasteiger partial charge in [0.2, 0.25) is 6.30 Å². The van der Waals surface area contributed by atoms with Gasteiger partial charge in [0.25, 0.3) is 0 Å². The smallest absolute Gasteiger partial charge is 0.229 e. The molecule has 0 aromatic rings. The van der Waals surface area contributed by atoms with E-state index in [1.165, 1.54) is 6.92 Å². The van der Waals surface area contributed by atoms with E-state index in [4.69, 9.17) is 9.94 Å². The van der Waals surface area contributed by atoms with Gasteiger partial charge in [-0.1, -0.05) is 0 Å². The Morgan fingerprint density at radius 3 is 2.17 bits per heavy atom. The Hall–Kier alpha value is -0.270. The van der Waals surface area contributed by atoms with Crippen LogP contribution in [0.15, 0.2) is 0 Å². The number of aliphatic hydroxyl groups is 2. The first kappa shape index (κ1) is 17.7. The molecule has 0 aromatic carbocycles. The van der Waals surface area contributed by atoms with Crippen LogP contribution in [0.3, 0.4) is 0 Å². The van der Waals surface area contributed by atoms with Crippen LogP contribution in [-0.2, 0) is 4.84 Å². The number of nitrogens with zero attached hydrogens (tertiary/aromatic N) is 2. The van der Waals surface area contributed by atoms with E-state index in [2.05, 4.69) is 0 Å². The fraction of sp³-hybridized carbons (Fsp3) is 1.00. The predicted octanol–water partition coefficient (Wildman–Crippen LogP) is 0.130. The Kier molecular flexibility index (Phi) is 7.24. The molecule has 0 fully saturated rings. The monoisotopic (exact) mass is 268 g/mol. The van der Waals surface area contributed by atoms with Gasteiger partial charge in [-0.25, -0.2) is 4.84 Å². The molecule has 0 heterocycles. The minimum atomic E-state index is -1.13. The van der Waals surface area contributed by atoms with E-state index in [1.54, 1.807) is 7.05 Å². The molecule has 0 aromatic heterocycles. The lowest BCUT2D eigenvalue weighted by molar-refractivity contribution is -1.08. The lowest BCUT2D eigenvalue weighted by Gasteiger charge is -2.38. The van der Waals surface area contributed by atoms with Crippen LogP contribution in [0.1, 0.15) is 13.8 Å². The molecule has 18 heavy (non-hydrogen) atoms. The summed E-state index contributed by atoms with van der Waals surface area (Å²) in [7, 11) is 5.40. The van der Waals surface area contributed by atoms with Gasteiger partial charge >= 0.3 is 0 Å². The molecule has 0 aliphatic carbocycles. The predicted molar refractivity (Wildman–Crippen MR) is 68.2 cm³/mol. The summed E-state index contributed by atoms with van der Waals surface area (Å²) in [5.74, 6) is 0. The van der Waals surface area contributed by atoms with Gasteiger partial charge in [-0.05, 0) is 6.92 Å². The molecule has 0 rings (SSSR count). The highest BCUT2D eigenvalue weighted by atomic mass is 19.1. The number of quaternary nitrogens is 2. The average molecular weight is 268 g/mol. The van der Waals surface area contributed by atoms with E-state index in [1.807, 2.05) is 21.0 Å². The molecule has 0 radical (unpaired) electrons. The van der Waals surface area contributed by atoms with Crippen molar-refractivity contribution in [2.75, 3.05) is 54.0 Å². The Balaban J connectivity index is 4.47. The van der Waals surface area contributed by atoms with E-state index >= 15 is 0 Å². The number of alkyl halides is 1. The van der Waals surface area contributed by atoms with Gasteiger partial charge < -0.3 is 10.2 Å². The van der Waals surface area contributed by atoms with Crippen LogP contribution >= 0.6 is 0 Å². The number of hydrogen-bond acceptors (Lipinski definition) is 3. The number of hydrogen-bond donors (Lipinski definition) is 2. The Morgan fingerprint density at radius 2 is 1.78 bits per heavy atom. The van der Waals surface area contributed by atoms with Crippen molar-refractivity contribution in [2.24, 2.45) is 0 Å². The third-order valence-corrected chi connectivity index (χ3v) is 3.23. The number of halogens is 1. The highest BCUT2D eigenvalue weighted by Gasteiger charge is 2.34. The first-order chi connectivity index (χ1) is 8.17. The first-order valence-corrected chi connectivity index (χ1v) is 6.41. The maximum absolute atomic E-state index is 13.6. The van der Waals surface area contributed by atoms with Gasteiger partial charge in [-0.2, -0.15) is 9.04 Å². The molecule has 0 saturated carbocycles. The molecule has 0 bridgehead atoms. The molecular weight excluding hydrogens is 239 g/mol. The van der Waals surface area contributed by atoms with Gasteiger partial charge in [0.1, 0.15) is 26.2 Å². The first-order valence-electron chi connectivity index (χ1n) is 6.41. The second kappa shape index (κ2) is 7.35. The van der Waals surface area contributed by atoms with Crippen LogP contribution in [0.4, 0.5) is 4.39 Å². The van der Waals surface area contributed by atoms with Crippen molar-refractivity contribution in [1.29, 1.82) is 0 Å². The summed E-state index contributed by atoms with van der Waals surface area (Å²) < 4.78 is 13.8. The molecular formula is C12H29FN2O3+2. The number of likely N-dealkylation sites (N-methyl/N-ethyl adjacent to an activating group) is 2. The minimum Gasteiger partial charge on any atom is -0.391 e. The summed E-state index contributed by atoms with van der Waals surface area (Å²) in [6, 6.07) is 0. The highest BCUT2D eigenvalue weighted by Crippen LogP contribution is 2.14. The van der Waals surface area contributed by atoms with Crippen LogP contribution in [0.25, 0.3) is 0 Å². The zero-order valence-electron chi connectivity index (χ0n) is 12.3. The van der Waals surface area contributed by atoms with E-state index in [0.29, 0.717) is 13.2 Å². The van der Waals surface area contributed by atoms with E-state index in [9.17, 15) is 9.50 Å². The van der Waals surface area contributed by atoms with Crippen molar-refractivity contribution in [1.82, 2.24) is 0 Å². The van der Waals surface area contributed by atoms with Crippen molar-refractivity contribution < 1.29 is 28.6 Å². The summed E-state index contributed by atoms with van der Waals surface area (Å²) in [5.41, 5.74) is 0. The summed E-state index contributed by atoms with van der Waals surface area (Å²) in [4.78, 5) is 5.46. The SMILES string of the molecule is CCO[N+](C)(C)CC(O)C[N+](C)(CCO)C(C)F. The maximum atomic E-state index is 13.6. The second-order valence-corrected chi connectivity index (χ2v) is 5.51. The number of aliphatic hydroxyl groups excluding tert-OH is 2. The lowest BCUT2D eigenvalue weighted by atomic mass is 10.2. The zero-order chi connectivity index (χ0) is 14.4. The third-order valence-electron chi connectivity index (χ3n) is 3.23. The van der Waals surface area contributed by atoms with Crippen molar-refractivity contribution in [3.8, 4) is 0 Å². The Morgan fingerprint density at radius 1 is 1.22 bits per heavy atom. The van der Waals surface area contributed by atoms with Crippen LogP contribution in [0, 0.1) is 0 Å². The van der Waals surface area contributed by atoms with Crippen LogP contribution in [0.5, 0.6) is 0 Å². The number of rotatable bonds is 9. The van der Waals surface area contributed by atoms with Gasteiger partial charge in [0.15, 0.2) is 6.10 Å². The van der Waals surface area contributed by atoms with E-state index in [0.717, 1.165) is 0 Å². The molecule has 0 spiro atoms. The molecule has 5 nitrogen and oxygen atoms in total. The summed E-state index contributed by atoms with van der Waals surface area (Å²) >= 11 is 0. The Bertz CT molecular complexity index is 239. The standard InChI is InChI=1S/C12H29FN2O3/c1-6-18-14(3,4)9-12(17)10-15(5,7-8-16)11(2)13/h11-12,16-17H,6-10H2,1-5H3/q+2. The van der Waals surface area contributed by atoms with Gasteiger partial charge in [-0.15, -0.1) is 0 Å². The molecule has 0 aliphatic heterocycles. The van der Waals surface area contributed by atoms with Crippen LogP contribution < -0.4 is 0 Å². The molecule has 0 amide bonds. The fourth-order valence-corrected chi connectivity index (χ4v) is 2.09. The highest BCUT2D eigenvalue weighted by molar-refractivity contribution is 4.53. The van der Waals surface area contributed by atoms with Crippen molar-refractivity contribution in [3.63, 3.8) is 0 Å². The largest absolute Gasteiger partial charge is 0.391 e. The molecule has 3 unspecified atom stereocenters. The fourth-order valence-electron chi connectivity index (χ4n) is 2.09. The molecule has 0 aliphatic rings. The zero-order valence-corrected chi connectivity index (χ0v) is 12.3. The average Bonchev–Trinajstić information content (AvgIpc) is 2.15. The molecule has 6 heteroatoms. The van der Waals surface area contributed by atoms with Gasteiger partial charge in [0, 0.05) is 6.92 Å². The molecule has 110 valence electrons. The van der Waals surface area contributed by atoms with Crippen molar-refractivity contribution in [3.05, 3.63) is 0 Å². The van der Waals surface area contributed by atoms with Gasteiger partial charge in [0.05, 0.1) is 27.7 Å². The van der Waals surface area contributed by atoms with Crippen LogP contribution in [0.2, 0.25) is 0 Å². The Labute approximate surface area is 110 Å². The normalized spacial score (nSPS) is 19.3. The molecule has 2 N–H and O–H groups in total. The van der Waals surface area contributed by atoms with E-state index in [-0.39, 0.29) is 28.8 Å². The minimum absolute atomic E-state index is 0.00376. The quantitative estimate of drug-likeness (QED) is 0.355. The second-order valence-electron chi connectivity index (χ2n) is 5.51. The van der Waals surface area contributed by atoms with Gasteiger partial charge in [-0.3, -0.25) is 4.48 Å². The summed E-state index contributed by atoms with van der Waals surface area (Å²) in [6.07, 6.45) is -1.81.